The van der Waals surface area contributed by atoms with Crippen LogP contribution < -0.4 is 14.9 Å². The second kappa shape index (κ2) is 11.1. The van der Waals surface area contributed by atoms with Crippen LogP contribution in [-0.4, -0.2) is 37.2 Å². The quantitative estimate of drug-likeness (QED) is 0.328. The van der Waals surface area contributed by atoms with Gasteiger partial charge in [0, 0.05) is 42.5 Å². The predicted molar refractivity (Wildman–Crippen MR) is 143 cm³/mol. The first-order chi connectivity index (χ1) is 15.9. The number of rotatable bonds is 8. The van der Waals surface area contributed by atoms with Crippen molar-refractivity contribution in [3.8, 4) is 0 Å². The third kappa shape index (κ3) is 6.24. The lowest BCUT2D eigenvalue weighted by molar-refractivity contribution is 0.285. The molecular weight excluding hydrogens is 473 g/mol. The summed E-state index contributed by atoms with van der Waals surface area (Å²) in [5.41, 5.74) is 2.02. The van der Waals surface area contributed by atoms with Crippen LogP contribution in [0, 0.1) is 18.8 Å². The molecule has 0 aliphatic heterocycles. The summed E-state index contributed by atoms with van der Waals surface area (Å²) < 4.78 is 3.51. The maximum atomic E-state index is 6.32. The average molecular weight is 505 g/mol. The topological polar surface area (TPSA) is 53.1 Å². The predicted octanol–water partition coefficient (Wildman–Crippen LogP) is 6.83. The van der Waals surface area contributed by atoms with E-state index in [2.05, 4.69) is 16.1 Å². The van der Waals surface area contributed by atoms with Crippen LogP contribution in [0.15, 0.2) is 41.3 Å². The number of nitrogens with one attached hydrogen (secondary N) is 2. The molecule has 0 bridgehead atoms. The van der Waals surface area contributed by atoms with Gasteiger partial charge in [0.25, 0.3) is 0 Å². The third-order valence-electron chi connectivity index (χ3n) is 6.29. The van der Waals surface area contributed by atoms with Crippen LogP contribution in [0.25, 0.3) is 10.9 Å². The fourth-order valence-corrected chi connectivity index (χ4v) is 5.67. The molecule has 1 heterocycles. The van der Waals surface area contributed by atoms with Crippen molar-refractivity contribution in [1.82, 2.24) is 14.7 Å². The number of halogens is 2. The Hall–Kier alpha value is -1.73. The van der Waals surface area contributed by atoms with E-state index in [9.17, 15) is 0 Å². The van der Waals surface area contributed by atoms with Crippen LogP contribution in [0.3, 0.4) is 0 Å². The van der Waals surface area contributed by atoms with Crippen molar-refractivity contribution in [2.45, 2.75) is 37.5 Å². The number of anilines is 2. The SMILES string of the molecule is Cc1cc(SNCC2CCC(CNc3nc(N(C)C)c4ccccc4n3)CC2)c(Cl)cc1Cl. The minimum absolute atomic E-state index is 0.653. The molecule has 1 saturated carbocycles. The Morgan fingerprint density at radius 3 is 2.39 bits per heavy atom. The highest BCUT2D eigenvalue weighted by atomic mass is 35.5. The first-order valence-electron chi connectivity index (χ1n) is 11.4. The molecule has 2 N–H and O–H groups in total. The molecule has 176 valence electrons. The van der Waals surface area contributed by atoms with E-state index < -0.39 is 0 Å². The molecule has 8 heteroatoms. The number of hydrogen-bond donors (Lipinski definition) is 2. The lowest BCUT2D eigenvalue weighted by atomic mass is 9.82. The second-order valence-electron chi connectivity index (χ2n) is 9.03. The molecular formula is C25H31Cl2N5S. The van der Waals surface area contributed by atoms with Gasteiger partial charge >= 0.3 is 0 Å². The molecule has 4 rings (SSSR count). The van der Waals surface area contributed by atoms with Crippen molar-refractivity contribution in [3.05, 3.63) is 52.0 Å². The summed E-state index contributed by atoms with van der Waals surface area (Å²) >= 11 is 14.1. The number of aryl methyl sites for hydroxylation is 1. The average Bonchev–Trinajstić information content (AvgIpc) is 2.81. The Morgan fingerprint density at radius 2 is 1.67 bits per heavy atom. The van der Waals surface area contributed by atoms with Gasteiger partial charge in [0.15, 0.2) is 0 Å². The third-order valence-corrected chi connectivity index (χ3v) is 7.99. The molecule has 33 heavy (non-hydrogen) atoms. The molecule has 2 aromatic carbocycles. The van der Waals surface area contributed by atoms with Gasteiger partial charge in [0.05, 0.1) is 10.5 Å². The molecule has 0 amide bonds. The van der Waals surface area contributed by atoms with E-state index in [1.807, 2.05) is 56.3 Å². The standard InChI is InChI=1S/C25H31Cl2N5S/c1-16-12-23(21(27)13-20(16)26)33-29-15-18-10-8-17(9-11-18)14-28-25-30-22-7-5-4-6-19(22)24(31-25)32(2)3/h4-7,12-13,17-18,29H,8-11,14-15H2,1-3H3,(H,28,30,31). The molecule has 1 fully saturated rings. The van der Waals surface area contributed by atoms with E-state index in [4.69, 9.17) is 33.2 Å². The molecule has 0 atom stereocenters. The van der Waals surface area contributed by atoms with Crippen molar-refractivity contribution in [1.29, 1.82) is 0 Å². The molecule has 1 aliphatic carbocycles. The van der Waals surface area contributed by atoms with E-state index in [1.54, 1.807) is 11.9 Å². The van der Waals surface area contributed by atoms with Crippen LogP contribution in [0.5, 0.6) is 0 Å². The molecule has 0 radical (unpaired) electrons. The first kappa shape index (κ1) is 24.4. The maximum Gasteiger partial charge on any atom is 0.225 e. The highest BCUT2D eigenvalue weighted by Gasteiger charge is 2.21. The molecule has 0 spiro atoms. The van der Waals surface area contributed by atoms with E-state index in [1.165, 1.54) is 25.7 Å². The molecule has 0 saturated heterocycles. The Kier molecular flexibility index (Phi) is 8.23. The van der Waals surface area contributed by atoms with E-state index >= 15 is 0 Å². The first-order valence-corrected chi connectivity index (χ1v) is 13.0. The number of fused-ring (bicyclic) bond motifs is 1. The highest BCUT2D eigenvalue weighted by molar-refractivity contribution is 7.97. The zero-order valence-corrected chi connectivity index (χ0v) is 21.7. The van der Waals surface area contributed by atoms with Gasteiger partial charge in [-0.1, -0.05) is 35.3 Å². The Morgan fingerprint density at radius 1 is 0.970 bits per heavy atom. The number of nitrogens with zero attached hydrogens (tertiary/aromatic N) is 3. The summed E-state index contributed by atoms with van der Waals surface area (Å²) in [5, 5.41) is 5.99. The largest absolute Gasteiger partial charge is 0.362 e. The monoisotopic (exact) mass is 503 g/mol. The number of hydrogen-bond acceptors (Lipinski definition) is 6. The minimum Gasteiger partial charge on any atom is -0.362 e. The summed E-state index contributed by atoms with van der Waals surface area (Å²) in [7, 11) is 4.04. The molecule has 0 unspecified atom stereocenters. The van der Waals surface area contributed by atoms with Gasteiger partial charge in [-0.3, -0.25) is 4.72 Å². The van der Waals surface area contributed by atoms with Gasteiger partial charge in [0.1, 0.15) is 5.82 Å². The molecule has 3 aromatic rings. The Labute approximate surface area is 210 Å². The summed E-state index contributed by atoms with van der Waals surface area (Å²) in [6, 6.07) is 12.0. The van der Waals surface area contributed by atoms with Gasteiger partial charge in [-0.05, 0) is 86.2 Å². The van der Waals surface area contributed by atoms with Crippen molar-refractivity contribution in [2.24, 2.45) is 11.8 Å². The summed E-state index contributed by atoms with van der Waals surface area (Å²) in [4.78, 5) is 12.6. The lowest BCUT2D eigenvalue weighted by Crippen LogP contribution is -2.26. The maximum absolute atomic E-state index is 6.32. The van der Waals surface area contributed by atoms with Gasteiger partial charge in [-0.2, -0.15) is 4.98 Å². The van der Waals surface area contributed by atoms with E-state index in [-0.39, 0.29) is 0 Å². The zero-order chi connectivity index (χ0) is 23.4. The molecule has 5 nitrogen and oxygen atoms in total. The number of aromatic nitrogens is 2. The van der Waals surface area contributed by atoms with Crippen LogP contribution in [-0.2, 0) is 0 Å². The number of para-hydroxylation sites is 1. The van der Waals surface area contributed by atoms with Crippen LogP contribution in [0.4, 0.5) is 11.8 Å². The van der Waals surface area contributed by atoms with E-state index in [0.717, 1.165) is 40.3 Å². The van der Waals surface area contributed by atoms with Crippen molar-refractivity contribution in [3.63, 3.8) is 0 Å². The second-order valence-corrected chi connectivity index (χ2v) is 10.8. The van der Waals surface area contributed by atoms with Crippen LogP contribution >= 0.6 is 35.1 Å². The Bertz CT molecular complexity index is 1100. The normalized spacial score (nSPS) is 18.5. The van der Waals surface area contributed by atoms with E-state index in [0.29, 0.717) is 27.8 Å². The van der Waals surface area contributed by atoms with Crippen molar-refractivity contribution < 1.29 is 0 Å². The van der Waals surface area contributed by atoms with Crippen molar-refractivity contribution >= 4 is 57.8 Å². The number of benzene rings is 2. The lowest BCUT2D eigenvalue weighted by Gasteiger charge is -2.28. The van der Waals surface area contributed by atoms with Crippen LogP contribution in [0.1, 0.15) is 31.2 Å². The highest BCUT2D eigenvalue weighted by Crippen LogP contribution is 2.33. The smallest absolute Gasteiger partial charge is 0.225 e. The fraction of sp³-hybridized carbons (Fsp3) is 0.440. The summed E-state index contributed by atoms with van der Waals surface area (Å²) in [6.07, 6.45) is 4.90. The minimum atomic E-state index is 0.653. The summed E-state index contributed by atoms with van der Waals surface area (Å²) in [5.74, 6) is 3.01. The molecule has 1 aliphatic rings. The van der Waals surface area contributed by atoms with Gasteiger partial charge in [0.2, 0.25) is 5.95 Å². The van der Waals surface area contributed by atoms with Gasteiger partial charge in [-0.15, -0.1) is 0 Å². The Balaban J connectivity index is 1.24. The molecule has 1 aromatic heterocycles. The van der Waals surface area contributed by atoms with Crippen molar-refractivity contribution in [2.75, 3.05) is 37.4 Å². The van der Waals surface area contributed by atoms with Crippen LogP contribution in [0.2, 0.25) is 10.0 Å². The van der Waals surface area contributed by atoms with Gasteiger partial charge in [-0.25, -0.2) is 4.98 Å². The summed E-state index contributed by atoms with van der Waals surface area (Å²) in [6.45, 7) is 3.91. The zero-order valence-electron chi connectivity index (χ0n) is 19.4. The van der Waals surface area contributed by atoms with Gasteiger partial charge < -0.3 is 10.2 Å². The fourth-order valence-electron chi connectivity index (χ4n) is 4.30.